The smallest absolute Gasteiger partial charge is 0.239 e. The van der Waals surface area contributed by atoms with Gasteiger partial charge in [0.25, 0.3) is 0 Å². The first-order valence-electron chi connectivity index (χ1n) is 12.1. The van der Waals surface area contributed by atoms with Gasteiger partial charge in [0.15, 0.2) is 0 Å². The molecule has 5 rings (SSSR count). The average Bonchev–Trinajstić information content (AvgIpc) is 3.27. The van der Waals surface area contributed by atoms with Gasteiger partial charge in [-0.25, -0.2) is 4.98 Å². The quantitative estimate of drug-likeness (QED) is 0.540. The first-order valence-corrected chi connectivity index (χ1v) is 12.9. The van der Waals surface area contributed by atoms with Crippen LogP contribution in [0, 0.1) is 0 Å². The van der Waals surface area contributed by atoms with Crippen molar-refractivity contribution in [3.8, 4) is 0 Å². The summed E-state index contributed by atoms with van der Waals surface area (Å²) in [5, 5.41) is 4.68. The lowest BCUT2D eigenvalue weighted by Gasteiger charge is -2.42. The molecule has 0 radical (unpaired) electrons. The van der Waals surface area contributed by atoms with Gasteiger partial charge < -0.3 is 19.7 Å². The van der Waals surface area contributed by atoms with E-state index in [1.54, 1.807) is 6.07 Å². The Morgan fingerprint density at radius 3 is 2.74 bits per heavy atom. The zero-order valence-electron chi connectivity index (χ0n) is 19.7. The van der Waals surface area contributed by atoms with E-state index in [1.807, 2.05) is 23.4 Å². The molecule has 0 bridgehead atoms. The minimum Gasteiger partial charge on any atom is -0.365 e. The summed E-state index contributed by atoms with van der Waals surface area (Å²) in [6.07, 6.45) is 5.12. The number of carbonyl (C=O) groups is 1. The lowest BCUT2D eigenvalue weighted by Crippen LogP contribution is -2.58. The number of anilines is 1. The lowest BCUT2D eigenvalue weighted by atomic mass is 10.0. The van der Waals surface area contributed by atoms with Crippen LogP contribution in [0.4, 0.5) is 5.69 Å². The van der Waals surface area contributed by atoms with Crippen molar-refractivity contribution in [3.05, 3.63) is 58.3 Å². The van der Waals surface area contributed by atoms with E-state index in [0.29, 0.717) is 10.0 Å². The molecule has 0 saturated carbocycles. The maximum Gasteiger partial charge on any atom is 0.239 e. The first kappa shape index (κ1) is 23.5. The fourth-order valence-electron chi connectivity index (χ4n) is 5.32. The molecule has 3 aromatic rings. The number of piperidine rings is 1. The van der Waals surface area contributed by atoms with E-state index in [-0.39, 0.29) is 24.0 Å². The summed E-state index contributed by atoms with van der Waals surface area (Å²) < 4.78 is 2.16. The number of hydrogen-bond acceptors (Lipinski definition) is 4. The first-order chi connectivity index (χ1) is 16.4. The molecule has 2 unspecified atom stereocenters. The van der Waals surface area contributed by atoms with Gasteiger partial charge in [-0.05, 0) is 69.1 Å². The van der Waals surface area contributed by atoms with E-state index in [1.165, 1.54) is 0 Å². The van der Waals surface area contributed by atoms with Gasteiger partial charge in [-0.3, -0.25) is 4.79 Å². The molecule has 2 fully saturated rings. The van der Waals surface area contributed by atoms with Crippen molar-refractivity contribution >= 4 is 45.8 Å². The number of nitrogens with one attached hydrogen (secondary N) is 1. The number of nitrogens with zero attached hydrogens (tertiary/aromatic N) is 4. The van der Waals surface area contributed by atoms with Crippen LogP contribution in [-0.2, 0) is 4.79 Å². The van der Waals surface area contributed by atoms with Crippen LogP contribution in [0.1, 0.15) is 44.7 Å². The summed E-state index contributed by atoms with van der Waals surface area (Å²) in [4.78, 5) is 22.1. The zero-order chi connectivity index (χ0) is 23.8. The highest BCUT2D eigenvalue weighted by Gasteiger charge is 2.31. The highest BCUT2D eigenvalue weighted by molar-refractivity contribution is 6.35. The summed E-state index contributed by atoms with van der Waals surface area (Å²) in [7, 11) is 0. The number of amides is 1. The summed E-state index contributed by atoms with van der Waals surface area (Å²) >= 11 is 12.6. The summed E-state index contributed by atoms with van der Waals surface area (Å²) in [5.74, 6) is 0.258. The highest BCUT2D eigenvalue weighted by Crippen LogP contribution is 2.32. The fourth-order valence-corrected chi connectivity index (χ4v) is 5.88. The fraction of sp³-hybridized carbons (Fsp3) is 0.462. The van der Waals surface area contributed by atoms with Crippen molar-refractivity contribution in [1.29, 1.82) is 0 Å². The number of carbonyl (C=O) groups excluding carboxylic acids is 1. The van der Waals surface area contributed by atoms with E-state index in [4.69, 9.17) is 23.2 Å². The van der Waals surface area contributed by atoms with Gasteiger partial charge in [-0.2, -0.15) is 0 Å². The normalized spacial score (nSPS) is 22.2. The Balaban J connectivity index is 1.36. The van der Waals surface area contributed by atoms with Crippen molar-refractivity contribution in [2.24, 2.45) is 0 Å². The largest absolute Gasteiger partial charge is 0.365 e. The average molecular weight is 500 g/mol. The predicted octanol–water partition coefficient (Wildman–Crippen LogP) is 5.13. The number of rotatable bonds is 4. The molecule has 1 amide bonds. The third-order valence-corrected chi connectivity index (χ3v) is 7.83. The number of fused-ring (bicyclic) bond motifs is 1. The second-order valence-corrected chi connectivity index (χ2v) is 10.3. The van der Waals surface area contributed by atoms with Crippen LogP contribution in [0.15, 0.2) is 42.7 Å². The van der Waals surface area contributed by atoms with E-state index in [2.05, 4.69) is 51.8 Å². The second kappa shape index (κ2) is 9.76. The van der Waals surface area contributed by atoms with Gasteiger partial charge in [0, 0.05) is 41.4 Å². The SMILES string of the molecule is CC(c1ccc(Cl)cc1Cl)n1cnc2ccc(N3CCN(C(=O)C4CCCCN4)C[C@H]3C)cc21. The van der Waals surface area contributed by atoms with Crippen LogP contribution in [0.5, 0.6) is 0 Å². The van der Waals surface area contributed by atoms with E-state index in [9.17, 15) is 4.79 Å². The minimum absolute atomic E-state index is 0.0138. The van der Waals surface area contributed by atoms with Crippen molar-refractivity contribution in [1.82, 2.24) is 19.8 Å². The molecule has 6 nitrogen and oxygen atoms in total. The number of benzene rings is 2. The van der Waals surface area contributed by atoms with Crippen molar-refractivity contribution < 1.29 is 4.79 Å². The summed E-state index contributed by atoms with van der Waals surface area (Å²) in [5.41, 5.74) is 4.17. The molecule has 1 aromatic heterocycles. The monoisotopic (exact) mass is 499 g/mol. The maximum absolute atomic E-state index is 13.0. The molecular formula is C26H31Cl2N5O. The Labute approximate surface area is 210 Å². The molecule has 1 N–H and O–H groups in total. The molecule has 0 spiro atoms. The molecule has 180 valence electrons. The van der Waals surface area contributed by atoms with Crippen LogP contribution in [0.25, 0.3) is 11.0 Å². The Morgan fingerprint density at radius 2 is 2.00 bits per heavy atom. The number of aromatic nitrogens is 2. The molecule has 3 heterocycles. The Hall–Kier alpha value is -2.28. The molecule has 3 atom stereocenters. The Morgan fingerprint density at radius 1 is 1.15 bits per heavy atom. The molecule has 34 heavy (non-hydrogen) atoms. The van der Waals surface area contributed by atoms with Crippen molar-refractivity contribution in [3.63, 3.8) is 0 Å². The van der Waals surface area contributed by atoms with Crippen LogP contribution in [-0.4, -0.2) is 58.6 Å². The summed E-state index contributed by atoms with van der Waals surface area (Å²) in [6, 6.07) is 12.3. The number of imidazole rings is 1. The second-order valence-electron chi connectivity index (χ2n) is 9.50. The molecule has 2 aliphatic rings. The molecule has 2 aromatic carbocycles. The minimum atomic E-state index is -0.0145. The van der Waals surface area contributed by atoms with E-state index in [0.717, 1.165) is 67.7 Å². The third-order valence-electron chi connectivity index (χ3n) is 7.27. The topological polar surface area (TPSA) is 53.4 Å². The lowest BCUT2D eigenvalue weighted by molar-refractivity contribution is -0.134. The van der Waals surface area contributed by atoms with Gasteiger partial charge in [0.2, 0.25) is 5.91 Å². The van der Waals surface area contributed by atoms with Crippen molar-refractivity contribution in [2.45, 2.75) is 51.2 Å². The van der Waals surface area contributed by atoms with Gasteiger partial charge in [-0.1, -0.05) is 35.7 Å². The maximum atomic E-state index is 13.0. The number of piperazine rings is 1. The molecule has 2 aliphatic heterocycles. The van der Waals surface area contributed by atoms with E-state index < -0.39 is 0 Å². The zero-order valence-corrected chi connectivity index (χ0v) is 21.2. The molecule has 0 aliphatic carbocycles. The number of hydrogen-bond donors (Lipinski definition) is 1. The highest BCUT2D eigenvalue weighted by atomic mass is 35.5. The van der Waals surface area contributed by atoms with Gasteiger partial charge in [-0.15, -0.1) is 0 Å². The third kappa shape index (κ3) is 4.51. The Kier molecular flexibility index (Phi) is 6.74. The van der Waals surface area contributed by atoms with Crippen LogP contribution in [0.2, 0.25) is 10.0 Å². The van der Waals surface area contributed by atoms with Gasteiger partial charge in [0.1, 0.15) is 0 Å². The van der Waals surface area contributed by atoms with E-state index >= 15 is 0 Å². The van der Waals surface area contributed by atoms with Crippen LogP contribution in [0.3, 0.4) is 0 Å². The molecule has 8 heteroatoms. The van der Waals surface area contributed by atoms with Crippen molar-refractivity contribution in [2.75, 3.05) is 31.1 Å². The summed E-state index contributed by atoms with van der Waals surface area (Å²) in [6.45, 7) is 7.57. The molecular weight excluding hydrogens is 469 g/mol. The standard InChI is InChI=1S/C26H31Cl2N5O/c1-17-15-31(26(34)24-5-3-4-10-29-24)11-12-32(17)20-7-9-23-25(14-20)33(16-30-23)18(2)21-8-6-19(27)13-22(21)28/h6-9,13-14,16-18,24,29H,3-5,10-12,15H2,1-2H3/t17-,18?,24?/m1/s1. The van der Waals surface area contributed by atoms with Gasteiger partial charge >= 0.3 is 0 Å². The van der Waals surface area contributed by atoms with Gasteiger partial charge in [0.05, 0.1) is 29.4 Å². The van der Waals surface area contributed by atoms with Crippen LogP contribution >= 0.6 is 23.2 Å². The molecule has 2 saturated heterocycles. The number of halogens is 2. The Bertz CT molecular complexity index is 1190. The van der Waals surface area contributed by atoms with Crippen LogP contribution < -0.4 is 10.2 Å². The predicted molar refractivity (Wildman–Crippen MR) is 139 cm³/mol.